The Labute approximate surface area is 211 Å². The molecule has 1 saturated heterocycles. The number of anilines is 1. The van der Waals surface area contributed by atoms with Gasteiger partial charge in [0.1, 0.15) is 29.7 Å². The highest BCUT2D eigenvalue weighted by atomic mass is 19.4. The van der Waals surface area contributed by atoms with Gasteiger partial charge in [-0.3, -0.25) is 9.48 Å². The van der Waals surface area contributed by atoms with Crippen LogP contribution in [0.15, 0.2) is 37.1 Å². The minimum atomic E-state index is -4.76. The molecule has 38 heavy (non-hydrogen) atoms. The summed E-state index contributed by atoms with van der Waals surface area (Å²) < 4.78 is 70.4. The van der Waals surface area contributed by atoms with Gasteiger partial charge in [-0.05, 0) is 19.1 Å². The average Bonchev–Trinajstić information content (AvgIpc) is 3.51. The van der Waals surface area contributed by atoms with Gasteiger partial charge in [0.05, 0.1) is 41.7 Å². The van der Waals surface area contributed by atoms with E-state index in [1.54, 1.807) is 34.7 Å². The molecule has 1 atom stereocenters. The topological polar surface area (TPSA) is 116 Å². The third-order valence-electron chi connectivity index (χ3n) is 6.41. The number of hydrogen-bond donors (Lipinski definition) is 2. The number of halogens is 5. The zero-order valence-corrected chi connectivity index (χ0v) is 19.7. The van der Waals surface area contributed by atoms with Crippen LogP contribution in [0.2, 0.25) is 0 Å². The first-order chi connectivity index (χ1) is 18.1. The Morgan fingerprint density at radius 3 is 2.79 bits per heavy atom. The number of fused-ring (bicyclic) bond motifs is 1. The number of carbonyl (C=O) groups excluding carboxylic acids is 1. The van der Waals surface area contributed by atoms with Crippen LogP contribution < -0.4 is 10.2 Å². The van der Waals surface area contributed by atoms with Crippen LogP contribution in [0.3, 0.4) is 0 Å². The van der Waals surface area contributed by atoms with Gasteiger partial charge in [-0.25, -0.2) is 18.7 Å². The van der Waals surface area contributed by atoms with Gasteiger partial charge in [0.15, 0.2) is 0 Å². The minimum Gasteiger partial charge on any atom is -0.364 e. The summed E-state index contributed by atoms with van der Waals surface area (Å²) in [6.07, 6.45) is 1.24. The van der Waals surface area contributed by atoms with Crippen molar-refractivity contribution in [2.24, 2.45) is 0 Å². The predicted octanol–water partition coefficient (Wildman–Crippen LogP) is 3.91. The van der Waals surface area contributed by atoms with Crippen molar-refractivity contribution >= 4 is 22.6 Å². The molecule has 1 amide bonds. The van der Waals surface area contributed by atoms with Crippen molar-refractivity contribution in [3.63, 3.8) is 0 Å². The van der Waals surface area contributed by atoms with Gasteiger partial charge in [-0.1, -0.05) is 0 Å². The highest BCUT2D eigenvalue weighted by Crippen LogP contribution is 2.36. The third-order valence-corrected chi connectivity index (χ3v) is 6.41. The molecule has 1 aliphatic heterocycles. The fraction of sp³-hybridized carbons (Fsp3) is 0.292. The van der Waals surface area contributed by atoms with E-state index in [2.05, 4.69) is 20.1 Å². The molecule has 3 aromatic heterocycles. The van der Waals surface area contributed by atoms with Crippen molar-refractivity contribution in [1.29, 1.82) is 5.26 Å². The lowest BCUT2D eigenvalue weighted by molar-refractivity contribution is -0.149. The van der Waals surface area contributed by atoms with E-state index >= 15 is 8.78 Å². The summed E-state index contributed by atoms with van der Waals surface area (Å²) in [5.41, 5.74) is 0.580. The molecule has 1 aliphatic rings. The molecular weight excluding hydrogens is 511 g/mol. The van der Waals surface area contributed by atoms with E-state index in [1.165, 1.54) is 11.2 Å². The summed E-state index contributed by atoms with van der Waals surface area (Å²) in [6, 6.07) is 1.64. The lowest BCUT2D eigenvalue weighted by atomic mass is 9.99. The number of nitrogens with one attached hydrogen (secondary N) is 2. The fourth-order valence-corrected chi connectivity index (χ4v) is 4.34. The van der Waals surface area contributed by atoms with E-state index in [1.807, 2.05) is 6.07 Å². The van der Waals surface area contributed by atoms with Gasteiger partial charge < -0.3 is 15.2 Å². The first kappa shape index (κ1) is 25.1. The standard InChI is InChI=1S/C24H19F5N8O/c1-12(24(27,28)29)35-23(38)17-6-18(25)21(15(2-4-30)19(17)26)36-9-14(10-36)37-8-13(7-34-37)20-16-3-5-31-22(16)33-11-32-20/h3,5-8,11-12,14H,2,9-10H2,1H3,(H,35,38)(H,31,32,33)/t12-/m0/s1. The molecule has 1 fully saturated rings. The van der Waals surface area contributed by atoms with Gasteiger partial charge in [-0.15, -0.1) is 0 Å². The second kappa shape index (κ2) is 9.40. The first-order valence-electron chi connectivity index (χ1n) is 11.4. The summed E-state index contributed by atoms with van der Waals surface area (Å²) in [5.74, 6) is -3.68. The number of hydrogen-bond acceptors (Lipinski definition) is 6. The molecule has 196 valence electrons. The summed E-state index contributed by atoms with van der Waals surface area (Å²) in [4.78, 5) is 25.3. The van der Waals surface area contributed by atoms with Gasteiger partial charge >= 0.3 is 6.18 Å². The lowest BCUT2D eigenvalue weighted by Crippen LogP contribution is -2.49. The van der Waals surface area contributed by atoms with E-state index in [4.69, 9.17) is 0 Å². The van der Waals surface area contributed by atoms with E-state index in [0.717, 1.165) is 10.9 Å². The predicted molar refractivity (Wildman–Crippen MR) is 125 cm³/mol. The number of H-pyrrole nitrogens is 1. The van der Waals surface area contributed by atoms with E-state index in [9.17, 15) is 23.2 Å². The average molecular weight is 530 g/mol. The number of carbonyl (C=O) groups is 1. The smallest absolute Gasteiger partial charge is 0.364 e. The van der Waals surface area contributed by atoms with E-state index in [-0.39, 0.29) is 24.8 Å². The van der Waals surface area contributed by atoms with Gasteiger partial charge in [0.2, 0.25) is 0 Å². The van der Waals surface area contributed by atoms with Crippen molar-refractivity contribution in [1.82, 2.24) is 30.0 Å². The number of rotatable bonds is 6. The molecule has 0 bridgehead atoms. The van der Waals surface area contributed by atoms with Crippen LogP contribution in [-0.4, -0.2) is 55.9 Å². The SMILES string of the molecule is C[C@H](NC(=O)c1cc(F)c(N2CC(n3cc(-c4ncnc5[nH]ccc45)cn3)C2)c(CC#N)c1F)C(F)(F)F. The normalized spacial score (nSPS) is 14.8. The minimum absolute atomic E-state index is 0.208. The summed E-state index contributed by atoms with van der Waals surface area (Å²) in [5, 5.41) is 16.0. The molecule has 0 saturated carbocycles. The summed E-state index contributed by atoms with van der Waals surface area (Å²) in [6.45, 7) is 1.12. The molecule has 0 unspecified atom stereocenters. The van der Waals surface area contributed by atoms with Crippen LogP contribution in [0.1, 0.15) is 28.9 Å². The molecule has 1 aromatic carbocycles. The van der Waals surface area contributed by atoms with Crippen LogP contribution in [0.4, 0.5) is 27.6 Å². The number of alkyl halides is 3. The van der Waals surface area contributed by atoms with Crippen molar-refractivity contribution in [3.8, 4) is 17.3 Å². The maximum absolute atomic E-state index is 15.2. The Hall–Kier alpha value is -4.54. The monoisotopic (exact) mass is 530 g/mol. The molecule has 4 aromatic rings. The van der Waals surface area contributed by atoms with Gasteiger partial charge in [0.25, 0.3) is 5.91 Å². The number of benzene rings is 1. The number of aromatic nitrogens is 5. The Bertz CT molecular complexity index is 1560. The zero-order valence-electron chi connectivity index (χ0n) is 19.7. The van der Waals surface area contributed by atoms with Crippen LogP contribution in [0.5, 0.6) is 0 Å². The van der Waals surface area contributed by atoms with Gasteiger partial charge in [0, 0.05) is 42.0 Å². The van der Waals surface area contributed by atoms with E-state index in [0.29, 0.717) is 24.3 Å². The molecule has 2 N–H and O–H groups in total. The van der Waals surface area contributed by atoms with Gasteiger partial charge in [-0.2, -0.15) is 23.5 Å². The Kier molecular flexibility index (Phi) is 6.22. The van der Waals surface area contributed by atoms with Crippen LogP contribution in [0.25, 0.3) is 22.3 Å². The molecule has 0 radical (unpaired) electrons. The van der Waals surface area contributed by atoms with Crippen molar-refractivity contribution in [2.45, 2.75) is 31.6 Å². The maximum Gasteiger partial charge on any atom is 0.408 e. The molecule has 9 nitrogen and oxygen atoms in total. The Balaban J connectivity index is 1.37. The Morgan fingerprint density at radius 2 is 2.08 bits per heavy atom. The molecule has 0 aliphatic carbocycles. The number of amides is 1. The highest BCUT2D eigenvalue weighted by Gasteiger charge is 2.39. The molecule has 4 heterocycles. The molecule has 0 spiro atoms. The summed E-state index contributed by atoms with van der Waals surface area (Å²) >= 11 is 0. The summed E-state index contributed by atoms with van der Waals surface area (Å²) in [7, 11) is 0. The van der Waals surface area contributed by atoms with Crippen LogP contribution in [-0.2, 0) is 6.42 Å². The number of aromatic amines is 1. The number of nitrogens with zero attached hydrogens (tertiary/aromatic N) is 6. The number of nitriles is 1. The molecular formula is C24H19F5N8O. The van der Waals surface area contributed by atoms with Crippen molar-refractivity contribution in [3.05, 3.63) is 59.8 Å². The first-order valence-corrected chi connectivity index (χ1v) is 11.4. The Morgan fingerprint density at radius 1 is 1.32 bits per heavy atom. The second-order valence-electron chi connectivity index (χ2n) is 8.85. The largest absolute Gasteiger partial charge is 0.408 e. The second-order valence-corrected chi connectivity index (χ2v) is 8.85. The van der Waals surface area contributed by atoms with Crippen molar-refractivity contribution < 1.29 is 26.7 Å². The lowest BCUT2D eigenvalue weighted by Gasteiger charge is -2.42. The fourth-order valence-electron chi connectivity index (χ4n) is 4.34. The quantitative estimate of drug-likeness (QED) is 0.366. The molecule has 5 rings (SSSR count). The third kappa shape index (κ3) is 4.40. The van der Waals surface area contributed by atoms with Crippen LogP contribution in [0, 0.1) is 23.0 Å². The van der Waals surface area contributed by atoms with E-state index < -0.39 is 47.3 Å². The molecule has 14 heteroatoms. The highest BCUT2D eigenvalue weighted by molar-refractivity contribution is 5.95. The van der Waals surface area contributed by atoms with Crippen LogP contribution >= 0.6 is 0 Å². The maximum atomic E-state index is 15.2. The zero-order chi connectivity index (χ0) is 27.2. The van der Waals surface area contributed by atoms with Crippen molar-refractivity contribution in [2.75, 3.05) is 18.0 Å².